The van der Waals surface area contributed by atoms with Crippen molar-refractivity contribution in [2.75, 3.05) is 0 Å². The number of aryl methyl sites for hydroxylation is 1. The number of hydrazine groups is 1. The molecule has 0 bridgehead atoms. The van der Waals surface area contributed by atoms with E-state index < -0.39 is 0 Å². The average Bonchev–Trinajstić information content (AvgIpc) is 2.51. The first-order valence-corrected chi connectivity index (χ1v) is 3.77. The van der Waals surface area contributed by atoms with Crippen LogP contribution in [0.1, 0.15) is 12.7 Å². The Bertz CT molecular complexity index is 268. The lowest BCUT2D eigenvalue weighted by Gasteiger charge is -2.03. The molecule has 66 valence electrons. The Morgan fingerprint density at radius 3 is 3.17 bits per heavy atom. The quantitative estimate of drug-likeness (QED) is 0.361. The van der Waals surface area contributed by atoms with Crippen LogP contribution in [-0.4, -0.2) is 15.5 Å². The van der Waals surface area contributed by atoms with E-state index in [-0.39, 0.29) is 12.5 Å². The van der Waals surface area contributed by atoms with Crippen LogP contribution in [0, 0.1) is 0 Å². The van der Waals surface area contributed by atoms with E-state index in [9.17, 15) is 4.79 Å². The van der Waals surface area contributed by atoms with Gasteiger partial charge in [0.25, 0.3) is 5.91 Å². The Kier molecular flexibility index (Phi) is 2.82. The Balaban J connectivity index is 2.68. The largest absolute Gasteiger partial charge is 0.325 e. The van der Waals surface area contributed by atoms with Crippen molar-refractivity contribution < 1.29 is 4.79 Å². The summed E-state index contributed by atoms with van der Waals surface area (Å²) < 4.78 is 1.77. The Labute approximate surface area is 70.6 Å². The van der Waals surface area contributed by atoms with Crippen molar-refractivity contribution in [3.05, 3.63) is 18.2 Å². The molecule has 0 spiro atoms. The molecule has 1 aromatic rings. The minimum atomic E-state index is -0.220. The summed E-state index contributed by atoms with van der Waals surface area (Å²) in [5.74, 6) is 5.61. The van der Waals surface area contributed by atoms with E-state index in [1.807, 2.05) is 6.92 Å². The van der Waals surface area contributed by atoms with Crippen LogP contribution >= 0.6 is 0 Å². The average molecular weight is 168 g/mol. The van der Waals surface area contributed by atoms with Crippen LogP contribution in [0.4, 0.5) is 0 Å². The van der Waals surface area contributed by atoms with Crippen LogP contribution < -0.4 is 11.3 Å². The molecule has 3 N–H and O–H groups in total. The highest BCUT2D eigenvalue weighted by atomic mass is 16.2. The van der Waals surface area contributed by atoms with Crippen molar-refractivity contribution in [1.29, 1.82) is 0 Å². The molecular weight excluding hydrogens is 156 g/mol. The predicted molar refractivity (Wildman–Crippen MR) is 43.9 cm³/mol. The number of hydrogen-bond donors (Lipinski definition) is 2. The van der Waals surface area contributed by atoms with Gasteiger partial charge in [-0.2, -0.15) is 0 Å². The lowest BCUT2D eigenvalue weighted by Crippen LogP contribution is -2.33. The molecule has 5 nitrogen and oxygen atoms in total. The van der Waals surface area contributed by atoms with Gasteiger partial charge in [0.2, 0.25) is 0 Å². The number of imidazole rings is 1. The fraction of sp³-hybridized carbons (Fsp3) is 0.429. The lowest BCUT2D eigenvalue weighted by atomic mass is 10.4. The molecule has 0 fully saturated rings. The summed E-state index contributed by atoms with van der Waals surface area (Å²) in [7, 11) is 0. The molecule has 1 amide bonds. The zero-order valence-electron chi connectivity index (χ0n) is 6.95. The van der Waals surface area contributed by atoms with Crippen molar-refractivity contribution >= 4 is 5.91 Å². The zero-order chi connectivity index (χ0) is 8.97. The van der Waals surface area contributed by atoms with Gasteiger partial charge in [0.1, 0.15) is 12.4 Å². The molecule has 1 heterocycles. The molecule has 1 rings (SSSR count). The molecule has 5 heteroatoms. The third kappa shape index (κ3) is 1.82. The summed E-state index contributed by atoms with van der Waals surface area (Å²) in [6, 6.07) is 0. The summed E-state index contributed by atoms with van der Waals surface area (Å²) in [6.07, 6.45) is 4.24. The van der Waals surface area contributed by atoms with Gasteiger partial charge in [-0.1, -0.05) is 6.92 Å². The van der Waals surface area contributed by atoms with Gasteiger partial charge in [0.15, 0.2) is 0 Å². The summed E-state index contributed by atoms with van der Waals surface area (Å²) >= 11 is 0. The smallest absolute Gasteiger partial charge is 0.253 e. The zero-order valence-corrected chi connectivity index (χ0v) is 6.95. The second kappa shape index (κ2) is 3.87. The van der Waals surface area contributed by atoms with E-state index in [4.69, 9.17) is 5.84 Å². The van der Waals surface area contributed by atoms with Gasteiger partial charge in [-0.3, -0.25) is 10.2 Å². The maximum absolute atomic E-state index is 10.9. The monoisotopic (exact) mass is 168 g/mol. The second-order valence-electron chi connectivity index (χ2n) is 2.39. The van der Waals surface area contributed by atoms with Crippen LogP contribution in [-0.2, 0) is 17.8 Å². The minimum absolute atomic E-state index is 0.220. The number of nitrogens with two attached hydrogens (primary N) is 1. The molecule has 0 radical (unpaired) electrons. The first kappa shape index (κ1) is 8.73. The maximum atomic E-state index is 10.9. The fourth-order valence-electron chi connectivity index (χ4n) is 0.999. The topological polar surface area (TPSA) is 72.9 Å². The van der Waals surface area contributed by atoms with Crippen molar-refractivity contribution in [3.8, 4) is 0 Å². The maximum Gasteiger partial charge on any atom is 0.253 e. The second-order valence-corrected chi connectivity index (χ2v) is 2.39. The molecule has 12 heavy (non-hydrogen) atoms. The first-order chi connectivity index (χ1) is 5.77. The number of carbonyl (C=O) groups excluding carboxylic acids is 1. The van der Waals surface area contributed by atoms with E-state index in [1.54, 1.807) is 17.0 Å². The van der Waals surface area contributed by atoms with Gasteiger partial charge in [0, 0.05) is 18.8 Å². The predicted octanol–water partition coefficient (Wildman–Crippen LogP) is -0.565. The molecule has 0 saturated carbocycles. The molecule has 0 aliphatic rings. The molecular formula is C7H12N4O. The number of nitrogens with zero attached hydrogens (tertiary/aromatic N) is 2. The summed E-state index contributed by atoms with van der Waals surface area (Å²) in [5.41, 5.74) is 2.07. The highest BCUT2D eigenvalue weighted by molar-refractivity contribution is 5.74. The molecule has 0 aromatic carbocycles. The fourth-order valence-corrected chi connectivity index (χ4v) is 0.999. The SMILES string of the molecule is CCc1nccn1CC(=O)NN. The van der Waals surface area contributed by atoms with E-state index in [0.29, 0.717) is 0 Å². The number of amides is 1. The normalized spacial score (nSPS) is 9.83. The first-order valence-electron chi connectivity index (χ1n) is 3.77. The standard InChI is InChI=1S/C7H12N4O/c1-2-6-9-3-4-11(6)5-7(12)10-8/h3-4H,2,5,8H2,1H3,(H,10,12). The number of rotatable bonds is 3. The van der Waals surface area contributed by atoms with Gasteiger partial charge in [-0.05, 0) is 0 Å². The van der Waals surface area contributed by atoms with Gasteiger partial charge in [-0.25, -0.2) is 10.8 Å². The van der Waals surface area contributed by atoms with Crippen LogP contribution in [0.15, 0.2) is 12.4 Å². The summed E-state index contributed by atoms with van der Waals surface area (Å²) in [4.78, 5) is 14.9. The molecule has 0 atom stereocenters. The third-order valence-corrected chi connectivity index (χ3v) is 1.59. The number of carbonyl (C=O) groups is 1. The Morgan fingerprint density at radius 1 is 1.83 bits per heavy atom. The van der Waals surface area contributed by atoms with Crippen molar-refractivity contribution in [2.24, 2.45) is 5.84 Å². The van der Waals surface area contributed by atoms with E-state index in [0.717, 1.165) is 12.2 Å². The molecule has 0 aliphatic carbocycles. The van der Waals surface area contributed by atoms with E-state index in [2.05, 4.69) is 10.4 Å². The van der Waals surface area contributed by atoms with Gasteiger partial charge in [-0.15, -0.1) is 0 Å². The van der Waals surface area contributed by atoms with Crippen molar-refractivity contribution in [2.45, 2.75) is 19.9 Å². The van der Waals surface area contributed by atoms with E-state index >= 15 is 0 Å². The van der Waals surface area contributed by atoms with Crippen molar-refractivity contribution in [3.63, 3.8) is 0 Å². The van der Waals surface area contributed by atoms with Crippen LogP contribution in [0.25, 0.3) is 0 Å². The lowest BCUT2D eigenvalue weighted by molar-refractivity contribution is -0.121. The molecule has 0 aliphatic heterocycles. The van der Waals surface area contributed by atoms with Gasteiger partial charge < -0.3 is 4.57 Å². The molecule has 1 aromatic heterocycles. The number of aromatic nitrogens is 2. The highest BCUT2D eigenvalue weighted by Crippen LogP contribution is 1.97. The molecule has 0 unspecified atom stereocenters. The van der Waals surface area contributed by atoms with Crippen LogP contribution in [0.3, 0.4) is 0 Å². The number of nitrogens with one attached hydrogen (secondary N) is 1. The summed E-state index contributed by atoms with van der Waals surface area (Å²) in [5, 5.41) is 0. The third-order valence-electron chi connectivity index (χ3n) is 1.59. The van der Waals surface area contributed by atoms with Crippen LogP contribution in [0.2, 0.25) is 0 Å². The van der Waals surface area contributed by atoms with Crippen molar-refractivity contribution in [1.82, 2.24) is 15.0 Å². The van der Waals surface area contributed by atoms with Crippen LogP contribution in [0.5, 0.6) is 0 Å². The minimum Gasteiger partial charge on any atom is -0.325 e. The highest BCUT2D eigenvalue weighted by Gasteiger charge is 2.03. The van der Waals surface area contributed by atoms with Gasteiger partial charge in [0.05, 0.1) is 0 Å². The Hall–Kier alpha value is -1.36. The molecule has 0 saturated heterocycles. The Morgan fingerprint density at radius 2 is 2.58 bits per heavy atom. The van der Waals surface area contributed by atoms with E-state index in [1.165, 1.54) is 0 Å². The summed E-state index contributed by atoms with van der Waals surface area (Å²) in [6.45, 7) is 2.22. The van der Waals surface area contributed by atoms with Gasteiger partial charge >= 0.3 is 0 Å². The number of hydrogen-bond acceptors (Lipinski definition) is 3.